The number of hydrogen-bond donors (Lipinski definition) is 0. The van der Waals surface area contributed by atoms with E-state index in [1.807, 2.05) is 97.5 Å². The van der Waals surface area contributed by atoms with Crippen LogP contribution >= 0.6 is 34.9 Å². The topological polar surface area (TPSA) is 60.7 Å². The Bertz CT molecular complexity index is 1670. The van der Waals surface area contributed by atoms with Crippen molar-refractivity contribution in [1.29, 1.82) is 0 Å². The molecule has 0 N–H and O–H groups in total. The Morgan fingerprint density at radius 3 is 2.24 bits per heavy atom. The predicted octanol–water partition coefficient (Wildman–Crippen LogP) is 5.42. The first-order chi connectivity index (χ1) is 18.5. The van der Waals surface area contributed by atoms with E-state index in [-0.39, 0.29) is 12.2 Å². The lowest BCUT2D eigenvalue weighted by molar-refractivity contribution is -0.140. The van der Waals surface area contributed by atoms with Crippen molar-refractivity contribution in [3.8, 4) is 0 Å². The highest BCUT2D eigenvalue weighted by Gasteiger charge is 2.33. The minimum Gasteiger partial charge on any atom is -0.457 e. The van der Waals surface area contributed by atoms with E-state index in [9.17, 15) is 9.59 Å². The fourth-order valence-corrected chi connectivity index (χ4v) is 6.20. The number of carbonyl (C=O) groups is 1. The minimum atomic E-state index is -0.633. The number of thioether (sulfide) groups is 2. The molecule has 5 nitrogen and oxygen atoms in total. The number of carbonyl (C=O) groups excluding carboxylic acids is 1. The molecule has 192 valence electrons. The van der Waals surface area contributed by atoms with Crippen molar-refractivity contribution in [3.05, 3.63) is 127 Å². The largest absolute Gasteiger partial charge is 0.457 e. The molecule has 1 aliphatic rings. The standard InChI is InChI=1S/C30H26N2O3S3/c1-19-26(29(34)35-18-21-7-5-4-6-8-21)27(22-11-15-24(37-3)16-12-22)32-28(33)25(38-30(32)31-19)17-20-9-13-23(36-2)14-10-20/h4-17,27H,18H2,1-3H3/b25-17+/t27-/m1/s1. The Balaban J connectivity index is 1.60. The molecule has 1 aliphatic heterocycles. The molecular formula is C30H26N2O3S3. The molecule has 0 saturated carbocycles. The highest BCUT2D eigenvalue weighted by Crippen LogP contribution is 2.32. The first-order valence-electron chi connectivity index (χ1n) is 12.0. The molecule has 0 aliphatic carbocycles. The fourth-order valence-electron chi connectivity index (χ4n) is 4.34. The Hall–Kier alpha value is -3.33. The van der Waals surface area contributed by atoms with Gasteiger partial charge in [-0.25, -0.2) is 9.79 Å². The molecule has 0 saturated heterocycles. The van der Waals surface area contributed by atoms with Crippen LogP contribution in [-0.4, -0.2) is 23.0 Å². The number of aromatic nitrogens is 1. The molecule has 8 heteroatoms. The quantitative estimate of drug-likeness (QED) is 0.224. The molecular weight excluding hydrogens is 533 g/mol. The summed E-state index contributed by atoms with van der Waals surface area (Å²) < 4.78 is 7.93. The Labute approximate surface area is 233 Å². The van der Waals surface area contributed by atoms with Crippen LogP contribution in [0.4, 0.5) is 0 Å². The maximum Gasteiger partial charge on any atom is 0.338 e. The lowest BCUT2D eigenvalue weighted by atomic mass is 9.96. The lowest BCUT2D eigenvalue weighted by Crippen LogP contribution is -2.39. The SMILES string of the molecule is CSc1ccc(/C=c2/sc3n(c2=O)[C@H](c2ccc(SC)cc2)C(C(=O)OCc2ccccc2)=C(C)N=3)cc1. The molecule has 3 aromatic carbocycles. The maximum absolute atomic E-state index is 13.8. The summed E-state index contributed by atoms with van der Waals surface area (Å²) in [5, 5.41) is 0. The van der Waals surface area contributed by atoms with Gasteiger partial charge < -0.3 is 4.74 Å². The van der Waals surface area contributed by atoms with E-state index in [1.165, 1.54) is 11.3 Å². The first kappa shape index (κ1) is 26.3. The number of ether oxygens (including phenoxy) is 1. The van der Waals surface area contributed by atoms with Crippen LogP contribution in [0.5, 0.6) is 0 Å². The number of fused-ring (bicyclic) bond motifs is 1. The second-order valence-corrected chi connectivity index (χ2v) is 11.5. The summed E-state index contributed by atoms with van der Waals surface area (Å²) in [4.78, 5) is 34.8. The van der Waals surface area contributed by atoms with Crippen molar-refractivity contribution >= 4 is 46.9 Å². The molecule has 4 aromatic rings. The van der Waals surface area contributed by atoms with Crippen molar-refractivity contribution in [2.45, 2.75) is 29.4 Å². The second kappa shape index (κ2) is 11.6. The Morgan fingerprint density at radius 2 is 1.61 bits per heavy atom. The molecule has 0 amide bonds. The highest BCUT2D eigenvalue weighted by atomic mass is 32.2. The monoisotopic (exact) mass is 558 g/mol. The number of hydrogen-bond acceptors (Lipinski definition) is 7. The van der Waals surface area contributed by atoms with Crippen LogP contribution in [-0.2, 0) is 16.1 Å². The Kier molecular flexibility index (Phi) is 8.02. The third-order valence-corrected chi connectivity index (χ3v) is 8.77. The summed E-state index contributed by atoms with van der Waals surface area (Å²) in [5.74, 6) is -0.476. The predicted molar refractivity (Wildman–Crippen MR) is 156 cm³/mol. The van der Waals surface area contributed by atoms with Gasteiger partial charge in [-0.05, 0) is 66.5 Å². The van der Waals surface area contributed by atoms with Crippen molar-refractivity contribution < 1.29 is 9.53 Å². The third-order valence-electron chi connectivity index (χ3n) is 6.30. The smallest absolute Gasteiger partial charge is 0.338 e. The summed E-state index contributed by atoms with van der Waals surface area (Å²) >= 11 is 4.64. The van der Waals surface area contributed by atoms with Gasteiger partial charge in [0.2, 0.25) is 0 Å². The highest BCUT2D eigenvalue weighted by molar-refractivity contribution is 7.98. The summed E-state index contributed by atoms with van der Waals surface area (Å²) in [6.07, 6.45) is 5.93. The van der Waals surface area contributed by atoms with Gasteiger partial charge in [-0.1, -0.05) is 65.9 Å². The Morgan fingerprint density at radius 1 is 0.974 bits per heavy atom. The van der Waals surface area contributed by atoms with E-state index >= 15 is 0 Å². The van der Waals surface area contributed by atoms with Crippen LogP contribution in [0.2, 0.25) is 0 Å². The van der Waals surface area contributed by atoms with Gasteiger partial charge in [0.15, 0.2) is 4.80 Å². The van der Waals surface area contributed by atoms with Crippen molar-refractivity contribution in [3.63, 3.8) is 0 Å². The number of thiazole rings is 1. The molecule has 0 fully saturated rings. The van der Waals surface area contributed by atoms with Gasteiger partial charge in [-0.2, -0.15) is 0 Å². The number of nitrogens with zero attached hydrogens (tertiary/aromatic N) is 2. The summed E-state index contributed by atoms with van der Waals surface area (Å²) in [6.45, 7) is 1.95. The fraction of sp³-hybridized carbons (Fsp3) is 0.167. The summed E-state index contributed by atoms with van der Waals surface area (Å²) in [5.41, 5.74) is 3.42. The first-order valence-corrected chi connectivity index (χ1v) is 15.3. The van der Waals surface area contributed by atoms with E-state index < -0.39 is 12.0 Å². The molecule has 0 spiro atoms. The normalized spacial score (nSPS) is 15.2. The van der Waals surface area contributed by atoms with E-state index in [0.29, 0.717) is 20.6 Å². The van der Waals surface area contributed by atoms with Gasteiger partial charge in [-0.3, -0.25) is 9.36 Å². The zero-order valence-electron chi connectivity index (χ0n) is 21.2. The van der Waals surface area contributed by atoms with Crippen LogP contribution in [0.25, 0.3) is 6.08 Å². The van der Waals surface area contributed by atoms with Crippen molar-refractivity contribution in [2.24, 2.45) is 4.99 Å². The number of allylic oxidation sites excluding steroid dienone is 1. The van der Waals surface area contributed by atoms with Gasteiger partial charge >= 0.3 is 5.97 Å². The second-order valence-electron chi connectivity index (χ2n) is 8.69. The molecule has 5 rings (SSSR count). The third kappa shape index (κ3) is 5.43. The summed E-state index contributed by atoms with van der Waals surface area (Å²) in [7, 11) is 0. The molecule has 1 aromatic heterocycles. The average Bonchev–Trinajstić information content (AvgIpc) is 3.26. The number of benzene rings is 3. The molecule has 2 heterocycles. The number of esters is 1. The van der Waals surface area contributed by atoms with Gasteiger partial charge in [-0.15, -0.1) is 23.5 Å². The number of rotatable bonds is 7. The maximum atomic E-state index is 13.8. The van der Waals surface area contributed by atoms with Crippen LogP contribution in [0.3, 0.4) is 0 Å². The van der Waals surface area contributed by atoms with Gasteiger partial charge in [0, 0.05) is 9.79 Å². The van der Waals surface area contributed by atoms with Crippen LogP contribution < -0.4 is 14.9 Å². The van der Waals surface area contributed by atoms with E-state index in [0.717, 1.165) is 26.5 Å². The van der Waals surface area contributed by atoms with E-state index in [4.69, 9.17) is 9.73 Å². The van der Waals surface area contributed by atoms with Gasteiger partial charge in [0.05, 0.1) is 21.8 Å². The molecule has 0 bridgehead atoms. The minimum absolute atomic E-state index is 0.144. The van der Waals surface area contributed by atoms with Crippen LogP contribution in [0, 0.1) is 0 Å². The zero-order chi connectivity index (χ0) is 26.6. The molecule has 0 radical (unpaired) electrons. The molecule has 1 atom stereocenters. The molecule has 38 heavy (non-hydrogen) atoms. The zero-order valence-corrected chi connectivity index (χ0v) is 23.7. The lowest BCUT2D eigenvalue weighted by Gasteiger charge is -2.25. The van der Waals surface area contributed by atoms with E-state index in [2.05, 4.69) is 0 Å². The average molecular weight is 559 g/mol. The van der Waals surface area contributed by atoms with Crippen LogP contribution in [0.1, 0.15) is 29.7 Å². The van der Waals surface area contributed by atoms with E-state index in [1.54, 1.807) is 35.0 Å². The van der Waals surface area contributed by atoms with Crippen LogP contribution in [0.15, 0.2) is 110 Å². The van der Waals surface area contributed by atoms with Crippen molar-refractivity contribution in [1.82, 2.24) is 4.57 Å². The summed E-state index contributed by atoms with van der Waals surface area (Å²) in [6, 6.07) is 24.9. The molecule has 0 unspecified atom stereocenters. The van der Waals surface area contributed by atoms with Gasteiger partial charge in [0.1, 0.15) is 6.61 Å². The van der Waals surface area contributed by atoms with Gasteiger partial charge in [0.25, 0.3) is 5.56 Å². The van der Waals surface area contributed by atoms with Crippen molar-refractivity contribution in [2.75, 3.05) is 12.5 Å².